The van der Waals surface area contributed by atoms with Gasteiger partial charge in [-0.2, -0.15) is 5.10 Å². The summed E-state index contributed by atoms with van der Waals surface area (Å²) in [4.78, 5) is 23.6. The zero-order chi connectivity index (χ0) is 20.8. The predicted octanol–water partition coefficient (Wildman–Crippen LogP) is 3.38. The molecule has 10 heteroatoms. The van der Waals surface area contributed by atoms with Crippen LogP contribution in [0.2, 0.25) is 0 Å². The molecule has 8 nitrogen and oxygen atoms in total. The Morgan fingerprint density at radius 3 is 2.70 bits per heavy atom. The molecule has 3 aromatic heterocycles. The van der Waals surface area contributed by atoms with Crippen LogP contribution < -0.4 is 5.32 Å². The third-order valence-electron chi connectivity index (χ3n) is 6.45. The van der Waals surface area contributed by atoms with Crippen LogP contribution in [0, 0.1) is 29.4 Å². The summed E-state index contributed by atoms with van der Waals surface area (Å²) < 4.78 is 28.2. The number of carboxylic acids is 1. The number of fused-ring (bicyclic) bond motifs is 4. The molecule has 3 fully saturated rings. The lowest BCUT2D eigenvalue weighted by molar-refractivity contribution is -0.139. The van der Waals surface area contributed by atoms with Crippen molar-refractivity contribution in [3.05, 3.63) is 30.1 Å². The average molecular weight is 414 g/mol. The van der Waals surface area contributed by atoms with Crippen LogP contribution in [-0.2, 0) is 4.79 Å². The minimum absolute atomic E-state index is 0.0139. The van der Waals surface area contributed by atoms with E-state index in [0.29, 0.717) is 22.6 Å². The zero-order valence-corrected chi connectivity index (χ0v) is 16.0. The molecule has 0 saturated heterocycles. The molecule has 0 amide bonds. The van der Waals surface area contributed by atoms with Gasteiger partial charge in [-0.3, -0.25) is 9.89 Å². The third-order valence-corrected chi connectivity index (χ3v) is 6.45. The van der Waals surface area contributed by atoms with Crippen LogP contribution in [0.4, 0.5) is 14.6 Å². The second kappa shape index (κ2) is 7.26. The van der Waals surface area contributed by atoms with Gasteiger partial charge < -0.3 is 10.4 Å². The monoisotopic (exact) mass is 414 g/mol. The third kappa shape index (κ3) is 3.25. The molecule has 2 unspecified atom stereocenters. The fourth-order valence-electron chi connectivity index (χ4n) is 5.09. The van der Waals surface area contributed by atoms with Crippen molar-refractivity contribution in [2.24, 2.45) is 17.8 Å². The van der Waals surface area contributed by atoms with Crippen molar-refractivity contribution < 1.29 is 18.7 Å². The van der Waals surface area contributed by atoms with E-state index in [4.69, 9.17) is 0 Å². The van der Waals surface area contributed by atoms with Crippen LogP contribution in [0.15, 0.2) is 18.5 Å². The summed E-state index contributed by atoms with van der Waals surface area (Å²) >= 11 is 0. The van der Waals surface area contributed by atoms with Crippen LogP contribution >= 0.6 is 0 Å². The lowest BCUT2D eigenvalue weighted by atomic mass is 9.61. The number of pyridine rings is 1. The van der Waals surface area contributed by atoms with E-state index < -0.39 is 17.6 Å². The van der Waals surface area contributed by atoms with Gasteiger partial charge in [-0.05, 0) is 49.5 Å². The summed E-state index contributed by atoms with van der Waals surface area (Å²) in [5.74, 6) is -1.30. The van der Waals surface area contributed by atoms with E-state index in [-0.39, 0.29) is 35.9 Å². The topological polar surface area (TPSA) is 117 Å². The second-order valence-corrected chi connectivity index (χ2v) is 8.12. The summed E-state index contributed by atoms with van der Waals surface area (Å²) in [7, 11) is 0. The molecule has 0 radical (unpaired) electrons. The van der Waals surface area contributed by atoms with Crippen molar-refractivity contribution in [3.63, 3.8) is 0 Å². The van der Waals surface area contributed by atoms with Crippen LogP contribution in [0.5, 0.6) is 0 Å². The highest BCUT2D eigenvalue weighted by Gasteiger charge is 2.44. The number of carbonyl (C=O) groups is 1. The van der Waals surface area contributed by atoms with Gasteiger partial charge in [0.05, 0.1) is 24.2 Å². The largest absolute Gasteiger partial charge is 0.481 e. The fraction of sp³-hybridized carbons (Fsp3) is 0.450. The Labute approximate surface area is 170 Å². The number of rotatable bonds is 5. The van der Waals surface area contributed by atoms with Crippen LogP contribution in [0.3, 0.4) is 0 Å². The molecule has 2 bridgehead atoms. The highest BCUT2D eigenvalue weighted by Crippen LogP contribution is 2.47. The van der Waals surface area contributed by atoms with Gasteiger partial charge in [0.2, 0.25) is 0 Å². The van der Waals surface area contributed by atoms with Gasteiger partial charge in [0.25, 0.3) is 0 Å². The first-order valence-electron chi connectivity index (χ1n) is 10.0. The van der Waals surface area contributed by atoms with Crippen LogP contribution in [-0.4, -0.2) is 42.3 Å². The van der Waals surface area contributed by atoms with E-state index >= 15 is 0 Å². The number of hydrogen-bond acceptors (Lipinski definition) is 6. The number of carboxylic acid groups (broad SMARTS) is 1. The Kier molecular flexibility index (Phi) is 4.56. The van der Waals surface area contributed by atoms with E-state index in [9.17, 15) is 18.7 Å². The first-order chi connectivity index (χ1) is 14.5. The molecule has 30 heavy (non-hydrogen) atoms. The molecule has 156 valence electrons. The van der Waals surface area contributed by atoms with Gasteiger partial charge in [0.15, 0.2) is 23.1 Å². The number of nitrogens with one attached hydrogen (secondary N) is 2. The number of aliphatic carboxylic acids is 1. The molecule has 3 aliphatic carbocycles. The Bertz CT molecular complexity index is 1110. The summed E-state index contributed by atoms with van der Waals surface area (Å²) in [6.07, 6.45) is 6.17. The predicted molar refractivity (Wildman–Crippen MR) is 103 cm³/mol. The van der Waals surface area contributed by atoms with Crippen LogP contribution in [0.1, 0.15) is 32.1 Å². The van der Waals surface area contributed by atoms with E-state index in [1.807, 2.05) is 0 Å². The Morgan fingerprint density at radius 1 is 1.17 bits per heavy atom. The van der Waals surface area contributed by atoms with Gasteiger partial charge in [0, 0.05) is 6.04 Å². The Hall–Kier alpha value is -3.17. The number of aromatic amines is 1. The maximum absolute atomic E-state index is 14.6. The van der Waals surface area contributed by atoms with Crippen molar-refractivity contribution in [2.45, 2.75) is 38.1 Å². The normalized spacial score (nSPS) is 25.5. The molecule has 6 rings (SSSR count). The maximum Gasteiger partial charge on any atom is 0.303 e. The molecule has 3 heterocycles. The van der Waals surface area contributed by atoms with Crippen molar-refractivity contribution in [3.8, 4) is 11.5 Å². The standard InChI is InChI=1S/C20H20F2N6O2/c21-11-5-13-17(27-28-18(13)23-7-11)20-24-8-14(22)19(26-20)25-16-10-3-1-9(2-4-10)12(16)6-15(29)30/h5,7-10,12,16H,1-4,6H2,(H,29,30)(H,23,27,28)(H,24,25,26). The fourth-order valence-corrected chi connectivity index (χ4v) is 5.09. The second-order valence-electron chi connectivity index (χ2n) is 8.12. The minimum atomic E-state index is -0.846. The highest BCUT2D eigenvalue weighted by molar-refractivity contribution is 5.88. The molecule has 3 aliphatic rings. The molecule has 0 aromatic carbocycles. The summed E-state index contributed by atoms with van der Waals surface area (Å²) in [5.41, 5.74) is 0.646. The molecule has 3 N–H and O–H groups in total. The Balaban J connectivity index is 1.49. The number of aromatic nitrogens is 5. The van der Waals surface area contributed by atoms with E-state index in [1.165, 1.54) is 6.07 Å². The van der Waals surface area contributed by atoms with Crippen molar-refractivity contribution in [2.75, 3.05) is 5.32 Å². The van der Waals surface area contributed by atoms with Crippen molar-refractivity contribution >= 4 is 22.8 Å². The molecular weight excluding hydrogens is 394 g/mol. The zero-order valence-electron chi connectivity index (χ0n) is 16.0. The van der Waals surface area contributed by atoms with E-state index in [2.05, 4.69) is 30.5 Å². The van der Waals surface area contributed by atoms with Gasteiger partial charge in [-0.15, -0.1) is 0 Å². The van der Waals surface area contributed by atoms with Crippen LogP contribution in [0.25, 0.3) is 22.6 Å². The van der Waals surface area contributed by atoms with Crippen molar-refractivity contribution in [1.29, 1.82) is 0 Å². The molecule has 3 saturated carbocycles. The lowest BCUT2D eigenvalue weighted by Gasteiger charge is -2.48. The Morgan fingerprint density at radius 2 is 1.93 bits per heavy atom. The van der Waals surface area contributed by atoms with Gasteiger partial charge in [0.1, 0.15) is 11.5 Å². The number of anilines is 1. The van der Waals surface area contributed by atoms with Gasteiger partial charge in [-0.1, -0.05) is 0 Å². The molecule has 0 aliphatic heterocycles. The number of nitrogens with zero attached hydrogens (tertiary/aromatic N) is 4. The highest BCUT2D eigenvalue weighted by atomic mass is 19.1. The molecule has 2 atom stereocenters. The first kappa shape index (κ1) is 18.8. The van der Waals surface area contributed by atoms with E-state index in [1.54, 1.807) is 0 Å². The number of hydrogen-bond donors (Lipinski definition) is 3. The maximum atomic E-state index is 14.6. The quantitative estimate of drug-likeness (QED) is 0.586. The molecule has 0 spiro atoms. The smallest absolute Gasteiger partial charge is 0.303 e. The van der Waals surface area contributed by atoms with Crippen molar-refractivity contribution in [1.82, 2.24) is 25.1 Å². The number of halogens is 2. The average Bonchev–Trinajstić information content (AvgIpc) is 3.14. The molecular formula is C20H20F2N6O2. The first-order valence-corrected chi connectivity index (χ1v) is 10.0. The number of H-pyrrole nitrogens is 1. The van der Waals surface area contributed by atoms with Gasteiger partial charge in [-0.25, -0.2) is 23.7 Å². The van der Waals surface area contributed by atoms with E-state index in [0.717, 1.165) is 38.1 Å². The summed E-state index contributed by atoms with van der Waals surface area (Å²) in [6, 6.07) is 1.10. The van der Waals surface area contributed by atoms with Gasteiger partial charge >= 0.3 is 5.97 Å². The lowest BCUT2D eigenvalue weighted by Crippen LogP contribution is -2.49. The SMILES string of the molecule is O=C(O)CC1C2CCC(CC2)C1Nc1nc(-c2[nH]nc3ncc(F)cc23)ncc1F. The summed E-state index contributed by atoms with van der Waals surface area (Å²) in [5, 5.41) is 19.7. The molecule has 3 aromatic rings. The minimum Gasteiger partial charge on any atom is -0.481 e. The summed E-state index contributed by atoms with van der Waals surface area (Å²) in [6.45, 7) is 0.